The van der Waals surface area contributed by atoms with Crippen molar-refractivity contribution in [1.82, 2.24) is 19.5 Å². The number of aromatic nitrogens is 4. The van der Waals surface area contributed by atoms with Crippen LogP contribution in [0.5, 0.6) is 5.75 Å². The van der Waals surface area contributed by atoms with Crippen molar-refractivity contribution >= 4 is 11.0 Å². The molecule has 0 saturated carbocycles. The molecule has 214 valence electrons. The topological polar surface area (TPSA) is 63.8 Å². The van der Waals surface area contributed by atoms with Crippen LogP contribution in [0.2, 0.25) is 0 Å². The number of benzene rings is 4. The third-order valence-electron chi connectivity index (χ3n) is 8.00. The minimum Gasteiger partial charge on any atom is -0.507 e. The van der Waals surface area contributed by atoms with Crippen molar-refractivity contribution < 1.29 is 5.11 Å². The average Bonchev–Trinajstić information content (AvgIpc) is 3.45. The molecule has 5 heteroatoms. The largest absolute Gasteiger partial charge is 0.507 e. The van der Waals surface area contributed by atoms with Crippen molar-refractivity contribution in [3.8, 4) is 56.3 Å². The van der Waals surface area contributed by atoms with Gasteiger partial charge in [0.1, 0.15) is 5.75 Å². The molecule has 0 bridgehead atoms. The molecule has 0 unspecified atom stereocenters. The minimum atomic E-state index is -0.284. The zero-order chi connectivity index (χ0) is 30.3. The van der Waals surface area contributed by atoms with Crippen molar-refractivity contribution in [2.45, 2.75) is 26.2 Å². The molecule has 0 radical (unpaired) electrons. The van der Waals surface area contributed by atoms with Crippen LogP contribution in [0.25, 0.3) is 61.6 Å². The highest BCUT2D eigenvalue weighted by atomic mass is 16.3. The Morgan fingerprint density at radius 3 is 2.11 bits per heavy atom. The van der Waals surface area contributed by atoms with E-state index in [0.29, 0.717) is 11.4 Å². The molecular formula is C39H32N4O. The Labute approximate surface area is 257 Å². The number of nitrogens with zero attached hydrogens (tertiary/aromatic N) is 4. The third-order valence-corrected chi connectivity index (χ3v) is 8.00. The number of pyridine rings is 2. The molecule has 7 rings (SSSR count). The van der Waals surface area contributed by atoms with Gasteiger partial charge in [-0.15, -0.1) is 0 Å². The van der Waals surface area contributed by atoms with Gasteiger partial charge >= 0.3 is 0 Å². The molecule has 1 N–H and O–H groups in total. The van der Waals surface area contributed by atoms with Crippen LogP contribution in [0.4, 0.5) is 0 Å². The molecule has 0 atom stereocenters. The molecule has 3 heterocycles. The summed E-state index contributed by atoms with van der Waals surface area (Å²) in [5.74, 6) is 0.844. The molecule has 7 aromatic rings. The zero-order valence-electron chi connectivity index (χ0n) is 24.9. The van der Waals surface area contributed by atoms with Gasteiger partial charge in [0.2, 0.25) is 0 Å². The van der Waals surface area contributed by atoms with E-state index in [4.69, 9.17) is 9.97 Å². The van der Waals surface area contributed by atoms with E-state index in [-0.39, 0.29) is 11.2 Å². The predicted octanol–water partition coefficient (Wildman–Crippen LogP) is 9.49. The number of aromatic hydroxyl groups is 1. The molecule has 44 heavy (non-hydrogen) atoms. The lowest BCUT2D eigenvalue weighted by Crippen LogP contribution is -2.12. The summed E-state index contributed by atoms with van der Waals surface area (Å²) in [6.45, 7) is 6.22. The van der Waals surface area contributed by atoms with E-state index in [9.17, 15) is 5.11 Å². The number of rotatable bonds is 5. The van der Waals surface area contributed by atoms with Crippen LogP contribution in [0.15, 0.2) is 134 Å². The summed E-state index contributed by atoms with van der Waals surface area (Å²) in [6.07, 6.45) is 5.31. The normalized spacial score (nSPS) is 11.6. The van der Waals surface area contributed by atoms with Crippen LogP contribution >= 0.6 is 0 Å². The molecule has 0 amide bonds. The van der Waals surface area contributed by atoms with Crippen molar-refractivity contribution in [2.75, 3.05) is 0 Å². The SMILES string of the molecule is CC(C)(C)c1cncc(-c2nc3c(-c4cccc(-c5cc(-c6ccccc6)ccn5)c4)cccc3n2-c2ccccc2)c1O. The van der Waals surface area contributed by atoms with Crippen LogP contribution in [0, 0.1) is 0 Å². The fourth-order valence-corrected chi connectivity index (χ4v) is 5.76. The van der Waals surface area contributed by atoms with E-state index >= 15 is 0 Å². The summed E-state index contributed by atoms with van der Waals surface area (Å²) in [5.41, 5.74) is 10.1. The molecule has 5 nitrogen and oxygen atoms in total. The second-order valence-electron chi connectivity index (χ2n) is 12.0. The summed E-state index contributed by atoms with van der Waals surface area (Å²) < 4.78 is 2.11. The number of hydrogen-bond acceptors (Lipinski definition) is 4. The molecule has 0 aliphatic rings. The minimum absolute atomic E-state index is 0.202. The lowest BCUT2D eigenvalue weighted by molar-refractivity contribution is 0.446. The highest BCUT2D eigenvalue weighted by molar-refractivity contribution is 5.96. The number of para-hydroxylation sites is 2. The summed E-state index contributed by atoms with van der Waals surface area (Å²) >= 11 is 0. The number of hydrogen-bond donors (Lipinski definition) is 1. The van der Waals surface area contributed by atoms with E-state index in [1.54, 1.807) is 12.4 Å². The van der Waals surface area contributed by atoms with Crippen molar-refractivity contribution in [3.63, 3.8) is 0 Å². The first-order valence-electron chi connectivity index (χ1n) is 14.8. The van der Waals surface area contributed by atoms with Gasteiger partial charge in [0.25, 0.3) is 0 Å². The Kier molecular flexibility index (Phi) is 6.78. The third kappa shape index (κ3) is 4.92. The van der Waals surface area contributed by atoms with Crippen LogP contribution in [0.1, 0.15) is 26.3 Å². The summed E-state index contributed by atoms with van der Waals surface area (Å²) in [6, 6.07) is 39.4. The molecule has 0 fully saturated rings. The van der Waals surface area contributed by atoms with Crippen molar-refractivity contribution in [2.24, 2.45) is 0 Å². The first-order chi connectivity index (χ1) is 21.4. The first kappa shape index (κ1) is 27.3. The van der Waals surface area contributed by atoms with Gasteiger partial charge in [-0.25, -0.2) is 4.98 Å². The van der Waals surface area contributed by atoms with Gasteiger partial charge in [-0.2, -0.15) is 0 Å². The maximum absolute atomic E-state index is 11.5. The summed E-state index contributed by atoms with van der Waals surface area (Å²) in [5, 5.41) is 11.5. The lowest BCUT2D eigenvalue weighted by Gasteiger charge is -2.21. The van der Waals surface area contributed by atoms with Crippen molar-refractivity contribution in [3.05, 3.63) is 139 Å². The van der Waals surface area contributed by atoms with Crippen LogP contribution in [-0.2, 0) is 5.41 Å². The van der Waals surface area contributed by atoms with Gasteiger partial charge in [0.05, 0.1) is 22.3 Å². The summed E-state index contributed by atoms with van der Waals surface area (Å²) in [4.78, 5) is 14.5. The monoisotopic (exact) mass is 572 g/mol. The van der Waals surface area contributed by atoms with Gasteiger partial charge in [-0.1, -0.05) is 99.6 Å². The Bertz CT molecular complexity index is 2110. The van der Waals surface area contributed by atoms with Gasteiger partial charge in [0, 0.05) is 41.0 Å². The lowest BCUT2D eigenvalue weighted by atomic mass is 9.86. The van der Waals surface area contributed by atoms with Crippen molar-refractivity contribution in [1.29, 1.82) is 0 Å². The Balaban J connectivity index is 1.41. The average molecular weight is 573 g/mol. The smallest absolute Gasteiger partial charge is 0.151 e. The van der Waals surface area contributed by atoms with Gasteiger partial charge < -0.3 is 5.11 Å². The standard InChI is InChI=1S/C39H32N4O/c1-39(2,3)33-25-40-24-32(37(33)44)38-42-36-31(18-11-19-35(36)43(38)30-16-8-5-9-17-30)28-14-10-15-29(22-28)34-23-27(20-21-41-34)26-12-6-4-7-13-26/h4-25H,1-3H3,(H,40,44). The molecular weight excluding hydrogens is 540 g/mol. The van der Waals surface area contributed by atoms with Gasteiger partial charge in [0.15, 0.2) is 5.82 Å². The molecule has 0 saturated heterocycles. The van der Waals surface area contributed by atoms with Crippen LogP contribution < -0.4 is 0 Å². The van der Waals surface area contributed by atoms with E-state index in [1.807, 2.05) is 36.5 Å². The molecule has 0 aliphatic carbocycles. The maximum atomic E-state index is 11.5. The molecule has 0 aliphatic heterocycles. The van der Waals surface area contributed by atoms with E-state index in [1.165, 1.54) is 0 Å². The first-order valence-corrected chi connectivity index (χ1v) is 14.8. The van der Waals surface area contributed by atoms with E-state index < -0.39 is 0 Å². The molecule has 4 aromatic carbocycles. The maximum Gasteiger partial charge on any atom is 0.151 e. The van der Waals surface area contributed by atoms with Gasteiger partial charge in [-0.3, -0.25) is 14.5 Å². The second-order valence-corrected chi connectivity index (χ2v) is 12.0. The Morgan fingerprint density at radius 1 is 0.636 bits per heavy atom. The zero-order valence-corrected chi connectivity index (χ0v) is 24.9. The fourth-order valence-electron chi connectivity index (χ4n) is 5.76. The highest BCUT2D eigenvalue weighted by Crippen LogP contribution is 2.41. The second kappa shape index (κ2) is 10.9. The number of imidazole rings is 1. The fraction of sp³-hybridized carbons (Fsp3) is 0.103. The predicted molar refractivity (Wildman–Crippen MR) is 179 cm³/mol. The Morgan fingerprint density at radius 2 is 1.34 bits per heavy atom. The highest BCUT2D eigenvalue weighted by Gasteiger charge is 2.25. The molecule has 0 spiro atoms. The molecule has 3 aromatic heterocycles. The Hall–Kier alpha value is -5.55. The quantitative estimate of drug-likeness (QED) is 0.223. The van der Waals surface area contributed by atoms with Crippen LogP contribution in [0.3, 0.4) is 0 Å². The van der Waals surface area contributed by atoms with E-state index in [0.717, 1.165) is 55.8 Å². The van der Waals surface area contributed by atoms with E-state index in [2.05, 4.69) is 115 Å². The van der Waals surface area contributed by atoms with Gasteiger partial charge in [-0.05, 0) is 58.5 Å². The number of fused-ring (bicyclic) bond motifs is 1. The summed E-state index contributed by atoms with van der Waals surface area (Å²) in [7, 11) is 0. The van der Waals surface area contributed by atoms with Crippen LogP contribution in [-0.4, -0.2) is 24.6 Å².